The molecule has 0 atom stereocenters. The van der Waals surface area contributed by atoms with E-state index in [4.69, 9.17) is 4.74 Å². The first kappa shape index (κ1) is 17.2. The minimum atomic E-state index is -0.126. The van der Waals surface area contributed by atoms with Crippen LogP contribution in [0.5, 0.6) is 5.75 Å². The molecule has 0 radical (unpaired) electrons. The minimum Gasteiger partial charge on any atom is -0.489 e. The molecule has 0 saturated carbocycles. The zero-order valence-corrected chi connectivity index (χ0v) is 15.6. The Morgan fingerprint density at radius 2 is 2.12 bits per heavy atom. The third-order valence-corrected chi connectivity index (χ3v) is 5.29. The predicted molar refractivity (Wildman–Crippen MR) is 100 cm³/mol. The zero-order chi connectivity index (χ0) is 18.0. The Kier molecular flexibility index (Phi) is 4.90. The van der Waals surface area contributed by atoms with Gasteiger partial charge in [-0.1, -0.05) is 12.1 Å². The number of thiophene rings is 1. The van der Waals surface area contributed by atoms with Gasteiger partial charge in [-0.2, -0.15) is 5.10 Å². The summed E-state index contributed by atoms with van der Waals surface area (Å²) in [6, 6.07) is 7.89. The SMILES string of the molecule is Cc1cccc(OCc2csc(C(=O)Nc3cnn(C)c3C)c2)c1C. The van der Waals surface area contributed by atoms with Gasteiger partial charge in [0.25, 0.3) is 5.91 Å². The molecule has 3 aromatic rings. The van der Waals surface area contributed by atoms with Gasteiger partial charge < -0.3 is 10.1 Å². The first-order chi connectivity index (χ1) is 12.0. The Morgan fingerprint density at radius 1 is 1.32 bits per heavy atom. The van der Waals surface area contributed by atoms with Crippen molar-refractivity contribution >= 4 is 22.9 Å². The minimum absolute atomic E-state index is 0.126. The summed E-state index contributed by atoms with van der Waals surface area (Å²) < 4.78 is 7.63. The van der Waals surface area contributed by atoms with E-state index in [1.54, 1.807) is 10.9 Å². The molecular formula is C19H21N3O2S. The predicted octanol–water partition coefficient (Wildman–Crippen LogP) is 4.24. The number of aryl methyl sites for hydroxylation is 2. The zero-order valence-electron chi connectivity index (χ0n) is 14.8. The standard InChI is InChI=1S/C19H21N3O2S/c1-12-6-5-7-17(13(12)2)24-10-15-8-18(25-11-15)19(23)21-16-9-20-22(4)14(16)3/h5-9,11H,10H2,1-4H3,(H,21,23). The van der Waals surface area contributed by atoms with Crippen LogP contribution in [-0.2, 0) is 13.7 Å². The van der Waals surface area contributed by atoms with Crippen molar-refractivity contribution in [2.75, 3.05) is 5.32 Å². The van der Waals surface area contributed by atoms with Crippen molar-refractivity contribution in [1.29, 1.82) is 0 Å². The molecule has 6 heteroatoms. The number of nitrogens with one attached hydrogen (secondary N) is 1. The van der Waals surface area contributed by atoms with E-state index >= 15 is 0 Å². The molecular weight excluding hydrogens is 334 g/mol. The molecule has 2 aromatic heterocycles. The maximum Gasteiger partial charge on any atom is 0.265 e. The maximum atomic E-state index is 12.4. The van der Waals surface area contributed by atoms with Crippen LogP contribution in [0.2, 0.25) is 0 Å². The lowest BCUT2D eigenvalue weighted by Crippen LogP contribution is -2.11. The summed E-state index contributed by atoms with van der Waals surface area (Å²) in [4.78, 5) is 13.0. The fourth-order valence-electron chi connectivity index (χ4n) is 2.42. The number of aromatic nitrogens is 2. The van der Waals surface area contributed by atoms with Gasteiger partial charge in [0.05, 0.1) is 22.5 Å². The number of benzene rings is 1. The van der Waals surface area contributed by atoms with Crippen LogP contribution in [0.15, 0.2) is 35.8 Å². The maximum absolute atomic E-state index is 12.4. The molecule has 0 bridgehead atoms. The van der Waals surface area contributed by atoms with Gasteiger partial charge in [-0.3, -0.25) is 9.48 Å². The number of nitrogens with zero attached hydrogens (tertiary/aromatic N) is 2. The van der Waals surface area contributed by atoms with Crippen LogP contribution in [0, 0.1) is 20.8 Å². The summed E-state index contributed by atoms with van der Waals surface area (Å²) >= 11 is 1.41. The summed E-state index contributed by atoms with van der Waals surface area (Å²) in [5.41, 5.74) is 4.98. The first-order valence-corrected chi connectivity index (χ1v) is 8.90. The highest BCUT2D eigenvalue weighted by Crippen LogP contribution is 2.23. The molecule has 130 valence electrons. The molecule has 0 aliphatic rings. The number of ether oxygens (including phenoxy) is 1. The van der Waals surface area contributed by atoms with Crippen molar-refractivity contribution < 1.29 is 9.53 Å². The van der Waals surface area contributed by atoms with E-state index in [1.807, 2.05) is 44.5 Å². The number of carbonyl (C=O) groups excluding carboxylic acids is 1. The van der Waals surface area contributed by atoms with Crippen LogP contribution >= 0.6 is 11.3 Å². The Morgan fingerprint density at radius 3 is 2.84 bits per heavy atom. The lowest BCUT2D eigenvalue weighted by molar-refractivity contribution is 0.103. The molecule has 0 fully saturated rings. The van der Waals surface area contributed by atoms with Crippen molar-refractivity contribution in [3.05, 3.63) is 63.1 Å². The van der Waals surface area contributed by atoms with Crippen molar-refractivity contribution in [3.63, 3.8) is 0 Å². The Balaban J connectivity index is 1.65. The molecule has 2 heterocycles. The average molecular weight is 355 g/mol. The van der Waals surface area contributed by atoms with E-state index in [9.17, 15) is 4.79 Å². The molecule has 0 spiro atoms. The van der Waals surface area contributed by atoms with Gasteiger partial charge in [-0.25, -0.2) is 0 Å². The van der Waals surface area contributed by atoms with Gasteiger partial charge >= 0.3 is 0 Å². The van der Waals surface area contributed by atoms with Crippen molar-refractivity contribution in [2.24, 2.45) is 7.05 Å². The van der Waals surface area contributed by atoms with E-state index in [1.165, 1.54) is 16.9 Å². The van der Waals surface area contributed by atoms with Gasteiger partial charge in [0, 0.05) is 12.6 Å². The second kappa shape index (κ2) is 7.11. The molecule has 1 aromatic carbocycles. The molecule has 0 aliphatic heterocycles. The number of amides is 1. The van der Waals surface area contributed by atoms with Crippen molar-refractivity contribution in [1.82, 2.24) is 9.78 Å². The van der Waals surface area contributed by atoms with Crippen LogP contribution in [0.25, 0.3) is 0 Å². The number of rotatable bonds is 5. The largest absolute Gasteiger partial charge is 0.489 e. The monoisotopic (exact) mass is 355 g/mol. The Bertz CT molecular complexity index is 911. The quantitative estimate of drug-likeness (QED) is 0.745. The lowest BCUT2D eigenvalue weighted by Gasteiger charge is -2.09. The van der Waals surface area contributed by atoms with Gasteiger partial charge in [-0.05, 0) is 49.4 Å². The van der Waals surface area contributed by atoms with E-state index < -0.39 is 0 Å². The lowest BCUT2D eigenvalue weighted by atomic mass is 10.1. The van der Waals surface area contributed by atoms with Gasteiger partial charge in [0.15, 0.2) is 0 Å². The second-order valence-corrected chi connectivity index (χ2v) is 6.94. The first-order valence-electron chi connectivity index (χ1n) is 8.02. The molecule has 1 amide bonds. The smallest absolute Gasteiger partial charge is 0.265 e. The van der Waals surface area contributed by atoms with Crippen LogP contribution in [0.1, 0.15) is 32.1 Å². The summed E-state index contributed by atoms with van der Waals surface area (Å²) in [6.45, 7) is 6.48. The topological polar surface area (TPSA) is 56.1 Å². The number of anilines is 1. The molecule has 3 rings (SSSR count). The molecule has 25 heavy (non-hydrogen) atoms. The second-order valence-electron chi connectivity index (χ2n) is 6.03. The van der Waals surface area contributed by atoms with Gasteiger partial charge in [-0.15, -0.1) is 11.3 Å². The molecule has 0 aliphatic carbocycles. The molecule has 1 N–H and O–H groups in total. The van der Waals surface area contributed by atoms with E-state index in [-0.39, 0.29) is 5.91 Å². The van der Waals surface area contributed by atoms with E-state index in [2.05, 4.69) is 23.4 Å². The molecule has 0 saturated heterocycles. The summed E-state index contributed by atoms with van der Waals surface area (Å²) in [6.07, 6.45) is 1.66. The van der Waals surface area contributed by atoms with E-state index in [0.717, 1.165) is 28.3 Å². The van der Waals surface area contributed by atoms with Crippen LogP contribution in [-0.4, -0.2) is 15.7 Å². The van der Waals surface area contributed by atoms with Crippen LogP contribution in [0.3, 0.4) is 0 Å². The molecule has 5 nitrogen and oxygen atoms in total. The highest BCUT2D eigenvalue weighted by Gasteiger charge is 2.13. The average Bonchev–Trinajstić information content (AvgIpc) is 3.18. The highest BCUT2D eigenvalue weighted by atomic mass is 32.1. The third-order valence-electron chi connectivity index (χ3n) is 4.31. The third kappa shape index (κ3) is 3.74. The number of hydrogen-bond donors (Lipinski definition) is 1. The van der Waals surface area contributed by atoms with Crippen molar-refractivity contribution in [3.8, 4) is 5.75 Å². The highest BCUT2D eigenvalue weighted by molar-refractivity contribution is 7.12. The normalized spacial score (nSPS) is 10.7. The summed E-state index contributed by atoms with van der Waals surface area (Å²) in [5, 5.41) is 8.98. The fraction of sp³-hybridized carbons (Fsp3) is 0.263. The molecule has 0 unspecified atom stereocenters. The number of hydrogen-bond acceptors (Lipinski definition) is 4. The van der Waals surface area contributed by atoms with Crippen LogP contribution in [0.4, 0.5) is 5.69 Å². The van der Waals surface area contributed by atoms with E-state index in [0.29, 0.717) is 11.5 Å². The Labute approximate surface area is 151 Å². The number of carbonyl (C=O) groups is 1. The van der Waals surface area contributed by atoms with Crippen LogP contribution < -0.4 is 10.1 Å². The summed E-state index contributed by atoms with van der Waals surface area (Å²) in [5.74, 6) is 0.752. The summed E-state index contributed by atoms with van der Waals surface area (Å²) in [7, 11) is 1.85. The van der Waals surface area contributed by atoms with Gasteiger partial charge in [0.2, 0.25) is 0 Å². The van der Waals surface area contributed by atoms with Crippen molar-refractivity contribution in [2.45, 2.75) is 27.4 Å². The van der Waals surface area contributed by atoms with Gasteiger partial charge in [0.1, 0.15) is 12.4 Å². The fourth-order valence-corrected chi connectivity index (χ4v) is 3.21. The Hall–Kier alpha value is -2.60.